The number of hydrogen-bond acceptors (Lipinski definition) is 1. The maximum absolute atomic E-state index is 2.40. The van der Waals surface area contributed by atoms with Crippen molar-refractivity contribution in [2.24, 2.45) is 0 Å². The van der Waals surface area contributed by atoms with E-state index in [4.69, 9.17) is 0 Å². The van der Waals surface area contributed by atoms with Crippen LogP contribution in [0.3, 0.4) is 0 Å². The third kappa shape index (κ3) is 5.48. The number of aromatic nitrogens is 1. The van der Waals surface area contributed by atoms with Gasteiger partial charge in [-0.1, -0.05) is 78.9 Å². The Bertz CT molecular complexity index is 1670. The summed E-state index contributed by atoms with van der Waals surface area (Å²) in [4.78, 5) is 2.40. The first kappa shape index (κ1) is 27.9. The molecule has 2 nitrogen and oxygen atoms in total. The van der Waals surface area contributed by atoms with E-state index in [9.17, 15) is 0 Å². The Hall–Kier alpha value is -3.70. The van der Waals surface area contributed by atoms with Gasteiger partial charge in [0.25, 0.3) is 0 Å². The SMILES string of the molecule is CCN1/C(=C/C=C2\CCC(/C=C/c3ccc4ccccc4[n+]3CC)=C2c2ccccc2)C=Cc2ccccc21.[I-]. The Morgan fingerprint density at radius 3 is 2.35 bits per heavy atom. The number of halogens is 1. The van der Waals surface area contributed by atoms with E-state index < -0.39 is 0 Å². The molecular formula is C37H35IN2. The van der Waals surface area contributed by atoms with Gasteiger partial charge in [-0.2, -0.15) is 4.57 Å². The third-order valence-electron chi connectivity index (χ3n) is 7.86. The van der Waals surface area contributed by atoms with Gasteiger partial charge in [-0.3, -0.25) is 0 Å². The predicted molar refractivity (Wildman–Crippen MR) is 166 cm³/mol. The molecule has 0 saturated heterocycles. The van der Waals surface area contributed by atoms with Crippen LogP contribution in [0.15, 0.2) is 132 Å². The summed E-state index contributed by atoms with van der Waals surface area (Å²) in [6, 6.07) is 32.6. The van der Waals surface area contributed by atoms with E-state index in [1.54, 1.807) is 0 Å². The van der Waals surface area contributed by atoms with Crippen LogP contribution in [-0.2, 0) is 6.54 Å². The summed E-state index contributed by atoms with van der Waals surface area (Å²) < 4.78 is 2.40. The zero-order valence-electron chi connectivity index (χ0n) is 23.2. The molecule has 4 aromatic rings. The lowest BCUT2D eigenvalue weighted by Crippen LogP contribution is -3.00. The first-order valence-corrected chi connectivity index (χ1v) is 14.1. The van der Waals surface area contributed by atoms with Gasteiger partial charge in [-0.15, -0.1) is 0 Å². The van der Waals surface area contributed by atoms with Crippen LogP contribution in [0, 0.1) is 0 Å². The molecule has 0 amide bonds. The minimum absolute atomic E-state index is 0. The second-order valence-corrected chi connectivity index (χ2v) is 10.1. The number of anilines is 1. The van der Waals surface area contributed by atoms with Crippen LogP contribution in [0.1, 0.15) is 43.5 Å². The largest absolute Gasteiger partial charge is 1.00 e. The lowest BCUT2D eigenvalue weighted by atomic mass is 9.97. The van der Waals surface area contributed by atoms with Crippen molar-refractivity contribution in [3.8, 4) is 0 Å². The summed E-state index contributed by atoms with van der Waals surface area (Å²) in [5.74, 6) is 0. The maximum atomic E-state index is 2.40. The first-order chi connectivity index (χ1) is 19.3. The molecule has 0 unspecified atom stereocenters. The molecule has 0 fully saturated rings. The molecule has 0 saturated carbocycles. The average molecular weight is 635 g/mol. The highest BCUT2D eigenvalue weighted by molar-refractivity contribution is 5.87. The molecule has 0 bridgehead atoms. The van der Waals surface area contributed by atoms with Crippen molar-refractivity contribution in [3.63, 3.8) is 0 Å². The van der Waals surface area contributed by atoms with Crippen molar-refractivity contribution in [2.45, 2.75) is 33.2 Å². The fraction of sp³-hybridized carbons (Fsp3) is 0.162. The normalized spacial score (nSPS) is 16.8. The molecule has 1 aliphatic carbocycles. The van der Waals surface area contributed by atoms with E-state index in [2.05, 4.69) is 151 Å². The molecule has 3 aromatic carbocycles. The van der Waals surface area contributed by atoms with Gasteiger partial charge in [-0.25, -0.2) is 0 Å². The topological polar surface area (TPSA) is 7.12 Å². The molecule has 0 N–H and O–H groups in total. The van der Waals surface area contributed by atoms with Crippen molar-refractivity contribution < 1.29 is 28.5 Å². The van der Waals surface area contributed by atoms with Gasteiger partial charge >= 0.3 is 0 Å². The Kier molecular flexibility index (Phi) is 8.81. The predicted octanol–water partition coefficient (Wildman–Crippen LogP) is 5.78. The number of fused-ring (bicyclic) bond motifs is 2. The maximum Gasteiger partial charge on any atom is 0.212 e. The van der Waals surface area contributed by atoms with Crippen LogP contribution < -0.4 is 33.4 Å². The molecule has 1 aliphatic heterocycles. The summed E-state index contributed by atoms with van der Waals surface area (Å²) in [5.41, 5.74) is 11.8. The first-order valence-electron chi connectivity index (χ1n) is 14.1. The summed E-state index contributed by atoms with van der Waals surface area (Å²) in [6.07, 6.45) is 15.9. The lowest BCUT2D eigenvalue weighted by Gasteiger charge is -2.29. The monoisotopic (exact) mass is 634 g/mol. The highest BCUT2D eigenvalue weighted by Crippen LogP contribution is 2.40. The summed E-state index contributed by atoms with van der Waals surface area (Å²) >= 11 is 0. The average Bonchev–Trinajstić information content (AvgIpc) is 3.41. The number of rotatable bonds is 6. The lowest BCUT2D eigenvalue weighted by molar-refractivity contribution is -0.669. The zero-order chi connectivity index (χ0) is 26.6. The Morgan fingerprint density at radius 2 is 1.52 bits per heavy atom. The van der Waals surface area contributed by atoms with Crippen molar-refractivity contribution in [1.29, 1.82) is 0 Å². The number of benzene rings is 3. The molecule has 0 atom stereocenters. The van der Waals surface area contributed by atoms with E-state index in [-0.39, 0.29) is 24.0 Å². The molecule has 1 aromatic heterocycles. The minimum atomic E-state index is 0. The van der Waals surface area contributed by atoms with Crippen molar-refractivity contribution in [3.05, 3.63) is 149 Å². The second kappa shape index (κ2) is 12.6. The number of para-hydroxylation sites is 2. The van der Waals surface area contributed by atoms with Gasteiger partial charge in [-0.05, 0) is 84.9 Å². The van der Waals surface area contributed by atoms with Gasteiger partial charge < -0.3 is 28.9 Å². The summed E-state index contributed by atoms with van der Waals surface area (Å²) in [7, 11) is 0. The quantitative estimate of drug-likeness (QED) is 0.193. The van der Waals surface area contributed by atoms with Crippen molar-refractivity contribution >= 4 is 34.3 Å². The standard InChI is InChI=1S/C37H35N2.HI/c1-3-38-33(24-20-28-12-8-10-16-35(28)38)26-22-31-18-19-32(37(31)30-14-6-5-7-15-30)23-27-34-25-21-29-13-9-11-17-36(29)39(34)4-2;/h5-17,20-27H,3-4,18-19H2,1-2H3;1H/q+1;/p-1. The molecule has 2 aliphatic rings. The number of likely N-dealkylation sites (N-methyl/N-ethyl adjacent to an activating group) is 1. The van der Waals surface area contributed by atoms with Gasteiger partial charge in [0.05, 0.1) is 0 Å². The van der Waals surface area contributed by atoms with Crippen molar-refractivity contribution in [1.82, 2.24) is 0 Å². The number of allylic oxidation sites excluding steroid dienone is 7. The van der Waals surface area contributed by atoms with E-state index >= 15 is 0 Å². The smallest absolute Gasteiger partial charge is 0.212 e. The second-order valence-electron chi connectivity index (χ2n) is 10.1. The highest BCUT2D eigenvalue weighted by atomic mass is 127. The van der Waals surface area contributed by atoms with E-state index in [0.29, 0.717) is 0 Å². The molecule has 6 rings (SSSR count). The summed E-state index contributed by atoms with van der Waals surface area (Å²) in [5, 5.41) is 1.28. The summed E-state index contributed by atoms with van der Waals surface area (Å²) in [6.45, 7) is 6.32. The van der Waals surface area contributed by atoms with Crippen LogP contribution in [0.25, 0.3) is 28.6 Å². The number of hydrogen-bond donors (Lipinski definition) is 0. The van der Waals surface area contributed by atoms with Crippen LogP contribution >= 0.6 is 0 Å². The van der Waals surface area contributed by atoms with Gasteiger partial charge in [0.15, 0.2) is 0 Å². The van der Waals surface area contributed by atoms with Crippen molar-refractivity contribution in [2.75, 3.05) is 11.4 Å². The van der Waals surface area contributed by atoms with Crippen LogP contribution in [0.5, 0.6) is 0 Å². The molecule has 3 heteroatoms. The Balaban J connectivity index is 0.00000323. The van der Waals surface area contributed by atoms with Crippen LogP contribution in [0.4, 0.5) is 5.69 Å². The molecule has 0 spiro atoms. The van der Waals surface area contributed by atoms with Gasteiger partial charge in [0, 0.05) is 41.5 Å². The van der Waals surface area contributed by atoms with Crippen LogP contribution in [-0.4, -0.2) is 6.54 Å². The van der Waals surface area contributed by atoms with E-state index in [1.807, 2.05) is 0 Å². The zero-order valence-corrected chi connectivity index (χ0v) is 25.4. The number of nitrogens with zero attached hydrogens (tertiary/aromatic N) is 2. The molecule has 200 valence electrons. The number of aryl methyl sites for hydroxylation is 1. The van der Waals surface area contributed by atoms with E-state index in [0.717, 1.165) is 25.9 Å². The van der Waals surface area contributed by atoms with Gasteiger partial charge in [0.2, 0.25) is 11.2 Å². The molecule has 40 heavy (non-hydrogen) atoms. The Labute approximate surface area is 255 Å². The van der Waals surface area contributed by atoms with E-state index in [1.165, 1.54) is 55.8 Å². The van der Waals surface area contributed by atoms with Gasteiger partial charge in [0.1, 0.15) is 6.54 Å². The fourth-order valence-corrected chi connectivity index (χ4v) is 5.96. The fourth-order valence-electron chi connectivity index (χ4n) is 5.96. The molecule has 2 heterocycles. The van der Waals surface area contributed by atoms with Crippen LogP contribution in [0.2, 0.25) is 0 Å². The third-order valence-corrected chi connectivity index (χ3v) is 7.86. The highest BCUT2D eigenvalue weighted by Gasteiger charge is 2.21. The number of pyridine rings is 1. The Morgan fingerprint density at radius 1 is 0.750 bits per heavy atom. The minimum Gasteiger partial charge on any atom is -1.00 e. The molecule has 0 radical (unpaired) electrons. The molecular weight excluding hydrogens is 599 g/mol.